The molecule has 1 N–H and O–H groups in total. The molecule has 0 bridgehead atoms. The summed E-state index contributed by atoms with van der Waals surface area (Å²) >= 11 is 0. The Labute approximate surface area is 74.9 Å². The topological polar surface area (TPSA) is 54.4 Å². The molecule has 0 amide bonds. The Balaban J connectivity index is 3.52. The second-order valence-corrected chi connectivity index (χ2v) is 5.01. The van der Waals surface area contributed by atoms with Crippen LogP contribution in [-0.4, -0.2) is 18.2 Å². The first-order valence-electron chi connectivity index (χ1n) is 4.44. The van der Waals surface area contributed by atoms with Crippen LogP contribution in [0.5, 0.6) is 0 Å². The first-order valence-corrected chi connectivity index (χ1v) is 5.95. The van der Waals surface area contributed by atoms with Crippen molar-refractivity contribution in [3.63, 3.8) is 0 Å². The van der Waals surface area contributed by atoms with Gasteiger partial charge < -0.3 is 0 Å². The summed E-state index contributed by atoms with van der Waals surface area (Å²) in [7, 11) is -3.79. The van der Waals surface area contributed by atoms with E-state index in [0.29, 0.717) is 6.42 Å². The van der Waals surface area contributed by atoms with Gasteiger partial charge in [-0.25, -0.2) is 0 Å². The van der Waals surface area contributed by atoms with Gasteiger partial charge in [0.25, 0.3) is 10.1 Å². The van der Waals surface area contributed by atoms with Crippen molar-refractivity contribution < 1.29 is 13.0 Å². The van der Waals surface area contributed by atoms with Gasteiger partial charge in [0.1, 0.15) is 0 Å². The summed E-state index contributed by atoms with van der Waals surface area (Å²) in [6.07, 6.45) is 4.78. The lowest BCUT2D eigenvalue weighted by Gasteiger charge is -2.06. The Morgan fingerprint density at radius 3 is 2.25 bits per heavy atom. The third kappa shape index (κ3) is 5.55. The maximum Gasteiger partial charge on any atom is 0.267 e. The lowest BCUT2D eigenvalue weighted by Crippen LogP contribution is -2.15. The maximum absolute atomic E-state index is 10.6. The van der Waals surface area contributed by atoms with E-state index in [4.69, 9.17) is 4.55 Å². The lowest BCUT2D eigenvalue weighted by molar-refractivity contribution is 0.462. The van der Waals surface area contributed by atoms with E-state index < -0.39 is 15.4 Å². The average molecular weight is 194 g/mol. The van der Waals surface area contributed by atoms with Crippen LogP contribution >= 0.6 is 0 Å². The minimum absolute atomic E-state index is 0.568. The SMILES string of the molecule is CCCCCC[C@@H](C)S(=O)(=O)O. The van der Waals surface area contributed by atoms with Gasteiger partial charge in [-0.2, -0.15) is 8.42 Å². The summed E-state index contributed by atoms with van der Waals surface area (Å²) in [5.74, 6) is 0. The molecule has 0 saturated carbocycles. The molecule has 0 spiro atoms. The van der Waals surface area contributed by atoms with Crippen molar-refractivity contribution in [1.82, 2.24) is 0 Å². The molecule has 0 aliphatic rings. The van der Waals surface area contributed by atoms with Gasteiger partial charge in [0.2, 0.25) is 0 Å². The second-order valence-electron chi connectivity index (χ2n) is 3.17. The monoisotopic (exact) mass is 194 g/mol. The minimum atomic E-state index is -3.79. The summed E-state index contributed by atoms with van der Waals surface area (Å²) in [6.45, 7) is 3.65. The zero-order chi connectivity index (χ0) is 9.61. The van der Waals surface area contributed by atoms with Crippen molar-refractivity contribution in [3.8, 4) is 0 Å². The van der Waals surface area contributed by atoms with Crippen LogP contribution in [0.1, 0.15) is 46.0 Å². The highest BCUT2D eigenvalue weighted by Gasteiger charge is 2.15. The van der Waals surface area contributed by atoms with Gasteiger partial charge in [-0.1, -0.05) is 32.6 Å². The normalized spacial score (nSPS) is 14.6. The van der Waals surface area contributed by atoms with E-state index in [1.807, 2.05) is 0 Å². The average Bonchev–Trinajstić information content (AvgIpc) is 1.96. The molecule has 0 aliphatic heterocycles. The molecule has 0 aromatic carbocycles. The van der Waals surface area contributed by atoms with Crippen LogP contribution in [0.3, 0.4) is 0 Å². The third-order valence-corrected chi connectivity index (χ3v) is 3.23. The highest BCUT2D eigenvalue weighted by molar-refractivity contribution is 7.86. The van der Waals surface area contributed by atoms with Crippen LogP contribution in [0, 0.1) is 0 Å². The quantitative estimate of drug-likeness (QED) is 0.521. The van der Waals surface area contributed by atoms with Gasteiger partial charge in [0, 0.05) is 0 Å². The molecule has 0 heterocycles. The summed E-state index contributed by atoms with van der Waals surface area (Å²) in [6, 6.07) is 0. The molecule has 0 saturated heterocycles. The Hall–Kier alpha value is -0.0900. The van der Waals surface area contributed by atoms with E-state index in [1.165, 1.54) is 0 Å². The van der Waals surface area contributed by atoms with E-state index in [0.717, 1.165) is 25.7 Å². The molecular weight excluding hydrogens is 176 g/mol. The van der Waals surface area contributed by atoms with Gasteiger partial charge in [-0.15, -0.1) is 0 Å². The van der Waals surface area contributed by atoms with Crippen LogP contribution in [-0.2, 0) is 10.1 Å². The number of hydrogen-bond donors (Lipinski definition) is 1. The fraction of sp³-hybridized carbons (Fsp3) is 1.00. The van der Waals surface area contributed by atoms with Crippen molar-refractivity contribution in [1.29, 1.82) is 0 Å². The Morgan fingerprint density at radius 1 is 1.25 bits per heavy atom. The van der Waals surface area contributed by atoms with Crippen LogP contribution in [0.2, 0.25) is 0 Å². The first kappa shape index (κ1) is 11.9. The maximum atomic E-state index is 10.6. The standard InChI is InChI=1S/C8H18O3S/c1-3-4-5-6-7-8(2)12(9,10)11/h8H,3-7H2,1-2H3,(H,9,10,11)/t8-/m1/s1. The predicted molar refractivity (Wildman–Crippen MR) is 49.8 cm³/mol. The van der Waals surface area contributed by atoms with Crippen LogP contribution in [0.15, 0.2) is 0 Å². The molecule has 4 heteroatoms. The van der Waals surface area contributed by atoms with Crippen LogP contribution in [0.25, 0.3) is 0 Å². The number of unbranched alkanes of at least 4 members (excludes halogenated alkanes) is 3. The summed E-state index contributed by atoms with van der Waals surface area (Å²) in [5.41, 5.74) is 0. The molecule has 1 atom stereocenters. The van der Waals surface area contributed by atoms with Crippen molar-refractivity contribution >= 4 is 10.1 Å². The first-order chi connectivity index (χ1) is 5.48. The van der Waals surface area contributed by atoms with Gasteiger partial charge >= 0.3 is 0 Å². The Bertz CT molecular complexity index is 196. The van der Waals surface area contributed by atoms with E-state index in [2.05, 4.69) is 6.92 Å². The van der Waals surface area contributed by atoms with Gasteiger partial charge in [-0.05, 0) is 13.3 Å². The van der Waals surface area contributed by atoms with E-state index >= 15 is 0 Å². The van der Waals surface area contributed by atoms with Gasteiger partial charge in [0.15, 0.2) is 0 Å². The molecule has 0 fully saturated rings. The van der Waals surface area contributed by atoms with Crippen molar-refractivity contribution in [2.75, 3.05) is 0 Å². The largest absolute Gasteiger partial charge is 0.285 e. The number of rotatable bonds is 6. The van der Waals surface area contributed by atoms with Crippen molar-refractivity contribution in [2.24, 2.45) is 0 Å². The van der Waals surface area contributed by atoms with Crippen molar-refractivity contribution in [2.45, 2.75) is 51.2 Å². The van der Waals surface area contributed by atoms with Gasteiger partial charge in [0.05, 0.1) is 5.25 Å². The fourth-order valence-corrected chi connectivity index (χ4v) is 1.47. The Morgan fingerprint density at radius 2 is 1.83 bits per heavy atom. The zero-order valence-electron chi connectivity index (χ0n) is 7.78. The minimum Gasteiger partial charge on any atom is -0.285 e. The van der Waals surface area contributed by atoms with Gasteiger partial charge in [-0.3, -0.25) is 4.55 Å². The van der Waals surface area contributed by atoms with Crippen molar-refractivity contribution in [3.05, 3.63) is 0 Å². The van der Waals surface area contributed by atoms with E-state index in [9.17, 15) is 8.42 Å². The molecule has 0 aliphatic carbocycles. The third-order valence-electron chi connectivity index (χ3n) is 1.97. The molecule has 12 heavy (non-hydrogen) atoms. The van der Waals surface area contributed by atoms with E-state index in [-0.39, 0.29) is 0 Å². The number of hydrogen-bond acceptors (Lipinski definition) is 2. The molecular formula is C8H18O3S. The summed E-state index contributed by atoms with van der Waals surface area (Å²) < 4.78 is 29.7. The zero-order valence-corrected chi connectivity index (χ0v) is 8.60. The highest BCUT2D eigenvalue weighted by atomic mass is 32.2. The fourth-order valence-electron chi connectivity index (χ4n) is 1.01. The highest BCUT2D eigenvalue weighted by Crippen LogP contribution is 2.10. The second kappa shape index (κ2) is 5.54. The molecule has 3 nitrogen and oxygen atoms in total. The van der Waals surface area contributed by atoms with Crippen LogP contribution < -0.4 is 0 Å². The smallest absolute Gasteiger partial charge is 0.267 e. The lowest BCUT2D eigenvalue weighted by atomic mass is 10.1. The molecule has 74 valence electrons. The van der Waals surface area contributed by atoms with Crippen LogP contribution in [0.4, 0.5) is 0 Å². The summed E-state index contributed by atoms with van der Waals surface area (Å²) in [4.78, 5) is 0. The van der Waals surface area contributed by atoms with E-state index in [1.54, 1.807) is 6.92 Å². The molecule has 0 radical (unpaired) electrons. The Kier molecular flexibility index (Phi) is 5.50. The predicted octanol–water partition coefficient (Wildman–Crippen LogP) is 2.23. The summed E-state index contributed by atoms with van der Waals surface area (Å²) in [5, 5.41) is -0.602. The molecule has 0 unspecified atom stereocenters. The molecule has 0 aromatic heterocycles. The molecule has 0 aromatic rings. The molecule has 0 rings (SSSR count).